The summed E-state index contributed by atoms with van der Waals surface area (Å²) in [6.45, 7) is 0. The summed E-state index contributed by atoms with van der Waals surface area (Å²) in [4.78, 5) is 30.8. The molecule has 0 unspecified atom stereocenters. The highest BCUT2D eigenvalue weighted by Gasteiger charge is 2.20. The highest BCUT2D eigenvalue weighted by Crippen LogP contribution is 1.85. The van der Waals surface area contributed by atoms with Crippen LogP contribution in [0.5, 0.6) is 0 Å². The van der Waals surface area contributed by atoms with Crippen molar-refractivity contribution >= 4 is 17.8 Å². The minimum atomic E-state index is -0.740. The summed E-state index contributed by atoms with van der Waals surface area (Å²) >= 11 is 0. The van der Waals surface area contributed by atoms with E-state index < -0.39 is 17.8 Å². The first-order valence-electron chi connectivity index (χ1n) is 2.32. The second kappa shape index (κ2) is 1.85. The third kappa shape index (κ3) is 1.25. The summed E-state index contributed by atoms with van der Waals surface area (Å²) in [5.74, 6) is -1.10. The Labute approximate surface area is 50.4 Å². The Kier molecular flexibility index (Phi) is 1.18. The molecule has 0 aromatic rings. The summed E-state index contributed by atoms with van der Waals surface area (Å²) in [5.41, 5.74) is 0. The normalized spacial score (nSPS) is 18.9. The van der Waals surface area contributed by atoms with Crippen LogP contribution >= 0.6 is 0 Å². The van der Waals surface area contributed by atoms with E-state index in [0.29, 0.717) is 0 Å². The fourth-order valence-electron chi connectivity index (χ4n) is 0.519. The van der Waals surface area contributed by atoms with Crippen molar-refractivity contribution in [3.63, 3.8) is 0 Å². The van der Waals surface area contributed by atoms with Crippen molar-refractivity contribution in [1.29, 1.82) is 0 Å². The molecule has 1 aliphatic rings. The predicted molar refractivity (Wildman–Crippen MR) is 26.3 cm³/mol. The number of nitrogens with one attached hydrogen (secondary N) is 2. The van der Waals surface area contributed by atoms with E-state index in [-0.39, 0.29) is 6.42 Å². The van der Waals surface area contributed by atoms with Crippen LogP contribution in [0.15, 0.2) is 0 Å². The molecule has 0 saturated carbocycles. The molecule has 0 aromatic carbocycles. The summed E-state index contributed by atoms with van der Waals surface area (Å²) in [6, 6.07) is -0.740. The quantitative estimate of drug-likeness (QED) is 0.246. The SMILES string of the molecule is O=[13C]1[13CH2][13C](=O)[15NH][13C](=O)[15NH]1. The highest BCUT2D eigenvalue weighted by atomic mass is 16.4. The van der Waals surface area contributed by atoms with Gasteiger partial charge in [-0.05, 0) is 0 Å². The molecule has 0 radical (unpaired) electrons. The molecular weight excluding hydrogens is 130 g/mol. The van der Waals surface area contributed by atoms with Crippen LogP contribution in [0.4, 0.5) is 4.79 Å². The maximum absolute atomic E-state index is 10.3. The molecule has 5 heteroatoms. The third-order valence-corrected chi connectivity index (χ3v) is 0.827. The van der Waals surface area contributed by atoms with E-state index >= 15 is 0 Å². The molecule has 1 fully saturated rings. The average molecular weight is 134 g/mol. The second-order valence-corrected chi connectivity index (χ2v) is 1.60. The largest absolute Gasteiger partial charge is 0.328 e. The van der Waals surface area contributed by atoms with Crippen LogP contribution in [0.2, 0.25) is 0 Å². The Morgan fingerprint density at radius 3 is 1.78 bits per heavy atom. The smallest absolute Gasteiger partial charge is 0.277 e. The Bertz CT molecular complexity index is 141. The lowest BCUT2D eigenvalue weighted by atomic mass is 11.3. The monoisotopic (exact) mass is 134 g/mol. The number of hydrogen-bond donors (Lipinski definition) is 2. The van der Waals surface area contributed by atoms with Crippen molar-refractivity contribution in [3.8, 4) is 0 Å². The van der Waals surface area contributed by atoms with Crippen molar-refractivity contribution in [2.75, 3.05) is 0 Å². The van der Waals surface area contributed by atoms with Gasteiger partial charge in [-0.3, -0.25) is 20.2 Å². The van der Waals surface area contributed by atoms with E-state index in [2.05, 4.69) is 0 Å². The van der Waals surface area contributed by atoms with Gasteiger partial charge in [0.05, 0.1) is 0 Å². The van der Waals surface area contributed by atoms with Crippen molar-refractivity contribution in [2.24, 2.45) is 0 Å². The zero-order valence-electron chi connectivity index (χ0n) is 4.43. The predicted octanol–water partition coefficient (Wildman–Crippen LogP) is -1.26. The number of barbiturate groups is 1. The van der Waals surface area contributed by atoms with E-state index in [9.17, 15) is 14.4 Å². The zero-order valence-corrected chi connectivity index (χ0v) is 4.43. The van der Waals surface area contributed by atoms with Crippen LogP contribution in [-0.2, 0) is 9.59 Å². The Morgan fingerprint density at radius 1 is 1.00 bits per heavy atom. The minimum absolute atomic E-state index is 0.258. The molecule has 4 amide bonds. The summed E-state index contributed by atoms with van der Waals surface area (Å²) in [6.07, 6.45) is -0.258. The van der Waals surface area contributed by atoms with Gasteiger partial charge in [-0.2, -0.15) is 0 Å². The molecule has 0 bridgehead atoms. The first-order valence-corrected chi connectivity index (χ1v) is 2.32. The van der Waals surface area contributed by atoms with Crippen molar-refractivity contribution in [3.05, 3.63) is 0 Å². The molecule has 1 heterocycles. The number of urea groups is 1. The van der Waals surface area contributed by atoms with E-state index in [1.807, 2.05) is 10.6 Å². The van der Waals surface area contributed by atoms with E-state index in [1.165, 1.54) is 0 Å². The van der Waals surface area contributed by atoms with Crippen molar-refractivity contribution < 1.29 is 14.4 Å². The van der Waals surface area contributed by atoms with E-state index in [4.69, 9.17) is 0 Å². The van der Waals surface area contributed by atoms with Gasteiger partial charge in [-0.15, -0.1) is 0 Å². The molecule has 9 heavy (non-hydrogen) atoms. The number of carbonyl (C=O) groups excluding carboxylic acids is 3. The molecule has 0 aliphatic carbocycles. The van der Waals surface area contributed by atoms with Gasteiger partial charge >= 0.3 is 6.03 Å². The topological polar surface area (TPSA) is 75.3 Å². The maximum atomic E-state index is 10.3. The van der Waals surface area contributed by atoms with Gasteiger partial charge in [0.15, 0.2) is 0 Å². The number of hydrogen-bond acceptors (Lipinski definition) is 3. The molecule has 2 N–H and O–H groups in total. The summed E-state index contributed by atoms with van der Waals surface area (Å²) in [5, 5.41) is 3.80. The lowest BCUT2D eigenvalue weighted by Crippen LogP contribution is -2.49. The number of amides is 4. The summed E-state index contributed by atoms with van der Waals surface area (Å²) < 4.78 is 0. The van der Waals surface area contributed by atoms with Crippen LogP contribution in [0.3, 0.4) is 0 Å². The lowest BCUT2D eigenvalue weighted by molar-refractivity contribution is -0.129. The average Bonchev–Trinajstić information content (AvgIpc) is 1.59. The number of rotatable bonds is 0. The Morgan fingerprint density at radius 2 is 1.44 bits per heavy atom. The highest BCUT2D eigenvalue weighted by molar-refractivity contribution is 6.14. The lowest BCUT2D eigenvalue weighted by Gasteiger charge is -2.09. The minimum Gasteiger partial charge on any atom is -0.277 e. The molecule has 1 aliphatic heterocycles. The first kappa shape index (κ1) is 5.74. The molecule has 5 nitrogen and oxygen atoms in total. The van der Waals surface area contributed by atoms with Gasteiger partial charge in [-0.25, -0.2) is 4.79 Å². The van der Waals surface area contributed by atoms with Crippen LogP contribution in [-0.4, -0.2) is 17.8 Å². The Hall–Kier alpha value is -1.39. The standard InChI is InChI=1S/C4H4N2O3/c7-2-1-3(8)6-4(9)5-2/h1H2,(H2,5,6,7,8,9)/i1+1,2+1,3+1,4+1,5+1,6+1. The molecule has 1 rings (SSSR count). The zero-order chi connectivity index (χ0) is 6.85. The number of imide groups is 2. The molecular formula is C4H4N2O3. The van der Waals surface area contributed by atoms with Gasteiger partial charge in [0.25, 0.3) is 0 Å². The fraction of sp³-hybridized carbons (Fsp3) is 0.250. The van der Waals surface area contributed by atoms with Gasteiger partial charge in [0.1, 0.15) is 6.42 Å². The fourth-order valence-corrected chi connectivity index (χ4v) is 0.519. The van der Waals surface area contributed by atoms with Gasteiger partial charge < -0.3 is 0 Å². The van der Waals surface area contributed by atoms with Crippen LogP contribution in [0.25, 0.3) is 0 Å². The van der Waals surface area contributed by atoms with E-state index in [1.54, 1.807) is 0 Å². The van der Waals surface area contributed by atoms with Crippen LogP contribution < -0.4 is 10.6 Å². The van der Waals surface area contributed by atoms with Gasteiger partial charge in [0.2, 0.25) is 11.8 Å². The van der Waals surface area contributed by atoms with Gasteiger partial charge in [-0.1, -0.05) is 0 Å². The maximum Gasteiger partial charge on any atom is 0.328 e. The molecule has 0 atom stereocenters. The summed E-state index contributed by atoms with van der Waals surface area (Å²) in [7, 11) is 0. The van der Waals surface area contributed by atoms with Crippen molar-refractivity contribution in [1.82, 2.24) is 10.6 Å². The van der Waals surface area contributed by atoms with Crippen LogP contribution in [0.1, 0.15) is 6.42 Å². The van der Waals surface area contributed by atoms with Gasteiger partial charge in [0, 0.05) is 0 Å². The first-order chi connectivity index (χ1) is 4.18. The van der Waals surface area contributed by atoms with E-state index in [0.717, 1.165) is 0 Å². The van der Waals surface area contributed by atoms with Crippen molar-refractivity contribution in [2.45, 2.75) is 6.42 Å². The Balaban J connectivity index is 2.64. The third-order valence-electron chi connectivity index (χ3n) is 0.827. The van der Waals surface area contributed by atoms with Crippen LogP contribution in [0, 0.1) is 0 Å². The molecule has 1 saturated heterocycles. The second-order valence-electron chi connectivity index (χ2n) is 1.60. The molecule has 0 spiro atoms. The number of carbonyl (C=O) groups is 3. The molecule has 48 valence electrons. The molecule has 0 aromatic heterocycles.